The van der Waals surface area contributed by atoms with Crippen molar-refractivity contribution in [1.29, 1.82) is 0 Å². The Morgan fingerprint density at radius 2 is 2.13 bits per heavy atom. The van der Waals surface area contributed by atoms with Gasteiger partial charge in [0.2, 0.25) is 0 Å². The van der Waals surface area contributed by atoms with Crippen molar-refractivity contribution in [2.24, 2.45) is 4.99 Å². The number of carbonyl (C=O) groups is 1. The van der Waals surface area contributed by atoms with Gasteiger partial charge in [0.25, 0.3) is 5.91 Å². The number of halogens is 1. The van der Waals surface area contributed by atoms with Crippen LogP contribution in [0.15, 0.2) is 29.3 Å². The zero-order valence-electron chi connectivity index (χ0n) is 12.6. The number of amides is 1. The summed E-state index contributed by atoms with van der Waals surface area (Å²) in [5.41, 5.74) is 0.748. The van der Waals surface area contributed by atoms with E-state index in [0.29, 0.717) is 16.7 Å². The number of sulfone groups is 1. The van der Waals surface area contributed by atoms with Gasteiger partial charge in [0.15, 0.2) is 15.0 Å². The van der Waals surface area contributed by atoms with Crippen molar-refractivity contribution in [2.75, 3.05) is 18.1 Å². The normalized spacial score (nSPS) is 27.4. The Bertz CT molecular complexity index is 764. The van der Waals surface area contributed by atoms with Gasteiger partial charge in [-0.3, -0.25) is 4.79 Å². The molecule has 1 amide bonds. The standard InChI is InChI=1S/C15H17ClN2O3S2/c1-2-18-12-8-23(20,21)9-13(12)22-15(18)17-14(19)7-10-5-3-4-6-11(10)16/h3-6,12-13H,2,7-9H2,1H3/t12-,13-/m0/s1. The van der Waals surface area contributed by atoms with E-state index in [1.54, 1.807) is 12.1 Å². The fourth-order valence-electron chi connectivity index (χ4n) is 2.96. The number of carbonyl (C=O) groups excluding carboxylic acids is 1. The fourth-order valence-corrected chi connectivity index (χ4v) is 7.19. The molecule has 8 heteroatoms. The molecule has 2 atom stereocenters. The van der Waals surface area contributed by atoms with E-state index in [-0.39, 0.29) is 35.1 Å². The van der Waals surface area contributed by atoms with Crippen molar-refractivity contribution in [2.45, 2.75) is 24.6 Å². The molecule has 0 bridgehead atoms. The second-order valence-electron chi connectivity index (χ2n) is 5.64. The highest BCUT2D eigenvalue weighted by Gasteiger charge is 2.48. The maximum Gasteiger partial charge on any atom is 0.252 e. The highest BCUT2D eigenvalue weighted by Crippen LogP contribution is 2.37. The topological polar surface area (TPSA) is 66.8 Å². The Kier molecular flexibility index (Phi) is 4.71. The minimum atomic E-state index is -2.97. The van der Waals surface area contributed by atoms with Gasteiger partial charge in [-0.1, -0.05) is 41.6 Å². The highest BCUT2D eigenvalue weighted by molar-refractivity contribution is 8.15. The minimum absolute atomic E-state index is 0.0215. The van der Waals surface area contributed by atoms with Crippen LogP contribution in [-0.4, -0.2) is 53.7 Å². The second-order valence-corrected chi connectivity index (χ2v) is 9.41. The number of aliphatic imine (C=N–C) groups is 1. The molecule has 5 nitrogen and oxygen atoms in total. The third kappa shape index (κ3) is 3.56. The van der Waals surface area contributed by atoms with E-state index in [0.717, 1.165) is 5.56 Å². The van der Waals surface area contributed by atoms with Crippen molar-refractivity contribution in [3.8, 4) is 0 Å². The molecule has 0 spiro atoms. The summed E-state index contributed by atoms with van der Waals surface area (Å²) in [5, 5.41) is 1.16. The number of hydrogen-bond donors (Lipinski definition) is 0. The molecule has 2 saturated heterocycles. The Labute approximate surface area is 145 Å². The fraction of sp³-hybridized carbons (Fsp3) is 0.467. The van der Waals surface area contributed by atoms with Crippen LogP contribution in [0.3, 0.4) is 0 Å². The lowest BCUT2D eigenvalue weighted by Crippen LogP contribution is -2.37. The molecule has 1 aromatic carbocycles. The zero-order valence-corrected chi connectivity index (χ0v) is 15.0. The molecular formula is C15H17ClN2O3S2. The van der Waals surface area contributed by atoms with Crippen LogP contribution in [0, 0.1) is 0 Å². The first-order chi connectivity index (χ1) is 10.9. The predicted octanol–water partition coefficient (Wildman–Crippen LogP) is 2.00. The summed E-state index contributed by atoms with van der Waals surface area (Å²) in [7, 11) is -2.97. The van der Waals surface area contributed by atoms with Crippen molar-refractivity contribution >= 4 is 44.3 Å². The van der Waals surface area contributed by atoms with Crippen LogP contribution >= 0.6 is 23.4 Å². The quantitative estimate of drug-likeness (QED) is 0.811. The molecule has 0 saturated carbocycles. The molecule has 0 radical (unpaired) electrons. The molecule has 124 valence electrons. The molecule has 2 aliphatic rings. The Morgan fingerprint density at radius 3 is 2.83 bits per heavy atom. The average Bonchev–Trinajstić information content (AvgIpc) is 2.92. The number of amidine groups is 1. The van der Waals surface area contributed by atoms with Crippen molar-refractivity contribution in [1.82, 2.24) is 4.90 Å². The monoisotopic (exact) mass is 372 g/mol. The number of fused-ring (bicyclic) bond motifs is 1. The summed E-state index contributed by atoms with van der Waals surface area (Å²) < 4.78 is 23.5. The molecule has 0 aliphatic carbocycles. The number of hydrogen-bond acceptors (Lipinski definition) is 4. The van der Waals surface area contributed by atoms with E-state index in [2.05, 4.69) is 4.99 Å². The largest absolute Gasteiger partial charge is 0.346 e. The smallest absolute Gasteiger partial charge is 0.252 e. The van der Waals surface area contributed by atoms with Crippen molar-refractivity contribution < 1.29 is 13.2 Å². The first-order valence-electron chi connectivity index (χ1n) is 7.38. The lowest BCUT2D eigenvalue weighted by molar-refractivity contribution is -0.117. The first kappa shape index (κ1) is 16.8. The van der Waals surface area contributed by atoms with Crippen LogP contribution < -0.4 is 0 Å². The average molecular weight is 373 g/mol. The van der Waals surface area contributed by atoms with Crippen LogP contribution in [-0.2, 0) is 21.1 Å². The number of rotatable bonds is 3. The molecular weight excluding hydrogens is 356 g/mol. The van der Waals surface area contributed by atoms with Crippen molar-refractivity contribution in [3.63, 3.8) is 0 Å². The molecule has 0 unspecified atom stereocenters. The lowest BCUT2D eigenvalue weighted by Gasteiger charge is -2.22. The Morgan fingerprint density at radius 1 is 1.39 bits per heavy atom. The molecule has 0 N–H and O–H groups in total. The Balaban J connectivity index is 1.75. The van der Waals surface area contributed by atoms with Crippen LogP contribution in [0.4, 0.5) is 0 Å². The van der Waals surface area contributed by atoms with E-state index in [4.69, 9.17) is 11.6 Å². The van der Waals surface area contributed by atoms with E-state index in [1.807, 2.05) is 24.0 Å². The molecule has 23 heavy (non-hydrogen) atoms. The maximum atomic E-state index is 12.2. The van der Waals surface area contributed by atoms with Crippen LogP contribution in [0.2, 0.25) is 5.02 Å². The summed E-state index contributed by atoms with van der Waals surface area (Å²) in [5.74, 6) is 0.0501. The molecule has 2 fully saturated rings. The Hall–Kier alpha value is -1.05. The van der Waals surface area contributed by atoms with E-state index in [1.165, 1.54) is 11.8 Å². The minimum Gasteiger partial charge on any atom is -0.346 e. The summed E-state index contributed by atoms with van der Waals surface area (Å²) in [6, 6.07) is 7.13. The summed E-state index contributed by atoms with van der Waals surface area (Å²) >= 11 is 7.47. The van der Waals surface area contributed by atoms with Gasteiger partial charge in [-0.15, -0.1) is 0 Å². The van der Waals surface area contributed by atoms with Crippen molar-refractivity contribution in [3.05, 3.63) is 34.9 Å². The zero-order chi connectivity index (χ0) is 16.6. The van der Waals surface area contributed by atoms with Gasteiger partial charge in [-0.05, 0) is 18.6 Å². The first-order valence-corrected chi connectivity index (χ1v) is 10.5. The third-order valence-corrected chi connectivity index (χ3v) is 7.65. The summed E-state index contributed by atoms with van der Waals surface area (Å²) in [4.78, 5) is 18.4. The van der Waals surface area contributed by atoms with E-state index < -0.39 is 9.84 Å². The molecule has 2 heterocycles. The van der Waals surface area contributed by atoms with Crippen LogP contribution in [0.5, 0.6) is 0 Å². The number of benzene rings is 1. The molecule has 2 aliphatic heterocycles. The predicted molar refractivity (Wildman–Crippen MR) is 93.8 cm³/mol. The summed E-state index contributed by atoms with van der Waals surface area (Å²) in [6.45, 7) is 2.59. The van der Waals surface area contributed by atoms with Gasteiger partial charge in [0.1, 0.15) is 0 Å². The molecule has 0 aromatic heterocycles. The maximum absolute atomic E-state index is 12.2. The van der Waals surface area contributed by atoms with E-state index >= 15 is 0 Å². The molecule has 1 aromatic rings. The van der Waals surface area contributed by atoms with Crippen LogP contribution in [0.25, 0.3) is 0 Å². The van der Waals surface area contributed by atoms with Gasteiger partial charge in [0, 0.05) is 16.8 Å². The summed E-state index contributed by atoms with van der Waals surface area (Å²) in [6.07, 6.45) is 0.148. The second kappa shape index (κ2) is 6.45. The van der Waals surface area contributed by atoms with Gasteiger partial charge < -0.3 is 4.90 Å². The SMILES string of the molecule is CCN1C(=NC(=O)Cc2ccccc2Cl)S[C@H]2CS(=O)(=O)C[C@@H]21. The van der Waals surface area contributed by atoms with Gasteiger partial charge in [-0.25, -0.2) is 8.42 Å². The van der Waals surface area contributed by atoms with Gasteiger partial charge >= 0.3 is 0 Å². The van der Waals surface area contributed by atoms with Gasteiger partial charge in [-0.2, -0.15) is 4.99 Å². The third-order valence-electron chi connectivity index (χ3n) is 4.04. The van der Waals surface area contributed by atoms with E-state index in [9.17, 15) is 13.2 Å². The lowest BCUT2D eigenvalue weighted by atomic mass is 10.1. The van der Waals surface area contributed by atoms with Gasteiger partial charge in [0.05, 0.1) is 24.0 Å². The van der Waals surface area contributed by atoms with Crippen LogP contribution in [0.1, 0.15) is 12.5 Å². The number of nitrogens with zero attached hydrogens (tertiary/aromatic N) is 2. The molecule has 3 rings (SSSR count). The highest BCUT2D eigenvalue weighted by atomic mass is 35.5. The number of thioether (sulfide) groups is 1.